The van der Waals surface area contributed by atoms with E-state index in [2.05, 4.69) is 107 Å². The molecule has 4 saturated heterocycles. The van der Waals surface area contributed by atoms with Crippen LogP contribution in [0, 0.1) is 47.3 Å². The Morgan fingerprint density at radius 1 is 0.472 bits per heavy atom. The van der Waals surface area contributed by atoms with Gasteiger partial charge in [0.1, 0.15) is 0 Å². The average Bonchev–Trinajstić information content (AvgIpc) is 3.58. The van der Waals surface area contributed by atoms with E-state index in [-0.39, 0.29) is 0 Å². The Balaban J connectivity index is 0.000000240. The average molecular weight is 545 g/mol. The minimum Gasteiger partial charge on any atom is -0.378 e. The molecular formula is C32H64O2S2. The Morgan fingerprint density at radius 2 is 0.778 bits per heavy atom. The first-order chi connectivity index (χ1) is 16.8. The van der Waals surface area contributed by atoms with Crippen LogP contribution in [0.5, 0.6) is 0 Å². The van der Waals surface area contributed by atoms with Gasteiger partial charge < -0.3 is 9.47 Å². The molecule has 0 spiro atoms. The number of hydrogen-bond donors (Lipinski definition) is 0. The van der Waals surface area contributed by atoms with Crippen molar-refractivity contribution in [3.63, 3.8) is 0 Å². The van der Waals surface area contributed by atoms with E-state index in [4.69, 9.17) is 9.47 Å². The van der Waals surface area contributed by atoms with Crippen LogP contribution in [0.2, 0.25) is 0 Å². The van der Waals surface area contributed by atoms with Crippen molar-refractivity contribution < 1.29 is 9.47 Å². The minimum absolute atomic E-state index is 0.511. The molecule has 0 aliphatic carbocycles. The highest BCUT2D eigenvalue weighted by Crippen LogP contribution is 2.35. The SMILES string of the molecule is CC(C)C1CO[C@@H](C)C1.CC(C)C1CO[C@H](C)C1.CC(C)C1CS[C@@H](C)C1.CC(C)C1CS[C@H](C)C1. The summed E-state index contributed by atoms with van der Waals surface area (Å²) < 4.78 is 10.9. The number of thioether (sulfide) groups is 2. The summed E-state index contributed by atoms with van der Waals surface area (Å²) in [7, 11) is 0. The second-order valence-corrected chi connectivity index (χ2v) is 16.5. The molecule has 0 aromatic rings. The molecule has 0 saturated carbocycles. The van der Waals surface area contributed by atoms with E-state index < -0.39 is 0 Å². The van der Waals surface area contributed by atoms with E-state index in [0.29, 0.717) is 12.2 Å². The highest BCUT2D eigenvalue weighted by atomic mass is 32.2. The van der Waals surface area contributed by atoms with Crippen LogP contribution in [-0.4, -0.2) is 47.4 Å². The van der Waals surface area contributed by atoms with Crippen molar-refractivity contribution in [1.82, 2.24) is 0 Å². The fraction of sp³-hybridized carbons (Fsp3) is 1.00. The van der Waals surface area contributed by atoms with Gasteiger partial charge >= 0.3 is 0 Å². The molecule has 216 valence electrons. The quantitative estimate of drug-likeness (QED) is 0.350. The zero-order valence-corrected chi connectivity index (χ0v) is 27.9. The van der Waals surface area contributed by atoms with Crippen molar-refractivity contribution in [1.29, 1.82) is 0 Å². The van der Waals surface area contributed by atoms with Gasteiger partial charge in [0.25, 0.3) is 0 Å². The Hall–Kier alpha value is 0.620. The second-order valence-electron chi connectivity index (χ2n) is 13.5. The van der Waals surface area contributed by atoms with Gasteiger partial charge in [-0.2, -0.15) is 23.5 Å². The van der Waals surface area contributed by atoms with Gasteiger partial charge in [0.2, 0.25) is 0 Å². The highest BCUT2D eigenvalue weighted by Gasteiger charge is 2.26. The van der Waals surface area contributed by atoms with Gasteiger partial charge in [-0.1, -0.05) is 69.2 Å². The summed E-state index contributed by atoms with van der Waals surface area (Å²) in [6, 6.07) is 0. The summed E-state index contributed by atoms with van der Waals surface area (Å²) in [6.07, 6.45) is 6.44. The van der Waals surface area contributed by atoms with Crippen LogP contribution < -0.4 is 0 Å². The van der Waals surface area contributed by atoms with E-state index in [1.165, 1.54) is 37.2 Å². The van der Waals surface area contributed by atoms with Crippen molar-refractivity contribution in [2.75, 3.05) is 24.7 Å². The molecule has 0 bridgehead atoms. The summed E-state index contributed by atoms with van der Waals surface area (Å²) in [6.45, 7) is 29.4. The van der Waals surface area contributed by atoms with Crippen molar-refractivity contribution >= 4 is 23.5 Å². The maximum Gasteiger partial charge on any atom is 0.0550 e. The molecule has 0 aromatic carbocycles. The van der Waals surface area contributed by atoms with Crippen LogP contribution in [0.4, 0.5) is 0 Å². The molecule has 0 aromatic heterocycles. The number of rotatable bonds is 4. The Morgan fingerprint density at radius 3 is 0.889 bits per heavy atom. The van der Waals surface area contributed by atoms with Gasteiger partial charge in [0.05, 0.1) is 25.4 Å². The molecule has 4 heteroatoms. The first-order valence-corrected chi connectivity index (χ1v) is 17.4. The minimum atomic E-state index is 0.511. The van der Waals surface area contributed by atoms with Gasteiger partial charge in [0.15, 0.2) is 0 Å². The summed E-state index contributed by atoms with van der Waals surface area (Å²) in [5.41, 5.74) is 0. The van der Waals surface area contributed by atoms with Gasteiger partial charge in [-0.15, -0.1) is 0 Å². The van der Waals surface area contributed by atoms with E-state index in [0.717, 1.165) is 71.1 Å². The standard InChI is InChI=1S/2C8H16O.2C8H16S/c4*1-6(2)8-4-7(3)9-5-8/h4*6-8H,4-5H2,1-3H3/t4*7-,8?/m1010/s1. The fourth-order valence-corrected chi connectivity index (χ4v) is 8.22. The summed E-state index contributed by atoms with van der Waals surface area (Å²) in [5, 5.41) is 1.86. The molecule has 36 heavy (non-hydrogen) atoms. The molecule has 8 atom stereocenters. The number of hydrogen-bond acceptors (Lipinski definition) is 4. The molecule has 4 aliphatic heterocycles. The topological polar surface area (TPSA) is 18.5 Å². The lowest BCUT2D eigenvalue weighted by atomic mass is 9.94. The predicted molar refractivity (Wildman–Crippen MR) is 166 cm³/mol. The van der Waals surface area contributed by atoms with E-state index in [1.807, 2.05) is 0 Å². The van der Waals surface area contributed by atoms with Crippen molar-refractivity contribution in [3.8, 4) is 0 Å². The van der Waals surface area contributed by atoms with Crippen LogP contribution in [-0.2, 0) is 9.47 Å². The molecule has 0 N–H and O–H groups in total. The first-order valence-electron chi connectivity index (χ1n) is 15.3. The van der Waals surface area contributed by atoms with Crippen LogP contribution in [0.15, 0.2) is 0 Å². The molecule has 2 nitrogen and oxygen atoms in total. The van der Waals surface area contributed by atoms with Crippen LogP contribution in [0.3, 0.4) is 0 Å². The first kappa shape index (κ1) is 34.6. The van der Waals surface area contributed by atoms with Crippen molar-refractivity contribution in [3.05, 3.63) is 0 Å². The fourth-order valence-electron chi connectivity index (χ4n) is 5.26. The van der Waals surface area contributed by atoms with Gasteiger partial charge in [-0.25, -0.2) is 0 Å². The van der Waals surface area contributed by atoms with E-state index >= 15 is 0 Å². The molecule has 4 heterocycles. The third-order valence-corrected chi connectivity index (χ3v) is 11.5. The van der Waals surface area contributed by atoms with E-state index in [1.54, 1.807) is 0 Å². The third kappa shape index (κ3) is 14.1. The lowest BCUT2D eigenvalue weighted by molar-refractivity contribution is 0.116. The molecule has 4 rings (SSSR count). The molecule has 4 aliphatic rings. The second kappa shape index (κ2) is 18.1. The normalized spacial score (nSPS) is 36.0. The van der Waals surface area contributed by atoms with Crippen molar-refractivity contribution in [2.45, 2.75) is 131 Å². The molecule has 0 radical (unpaired) electrons. The van der Waals surface area contributed by atoms with Gasteiger partial charge in [0, 0.05) is 10.5 Å². The maximum absolute atomic E-state index is 5.43. The lowest BCUT2D eigenvalue weighted by Crippen LogP contribution is -2.07. The van der Waals surface area contributed by atoms with Crippen LogP contribution >= 0.6 is 23.5 Å². The highest BCUT2D eigenvalue weighted by molar-refractivity contribution is 8.00. The zero-order valence-electron chi connectivity index (χ0n) is 26.2. The molecule has 4 fully saturated rings. The maximum atomic E-state index is 5.43. The smallest absolute Gasteiger partial charge is 0.0550 e. The lowest BCUT2D eigenvalue weighted by Gasteiger charge is -2.11. The zero-order chi connectivity index (χ0) is 27.4. The molecule has 0 amide bonds. The van der Waals surface area contributed by atoms with E-state index in [9.17, 15) is 0 Å². The predicted octanol–water partition coefficient (Wildman–Crippen LogP) is 9.70. The summed E-state index contributed by atoms with van der Waals surface area (Å²) in [5.74, 6) is 9.86. The van der Waals surface area contributed by atoms with Crippen molar-refractivity contribution in [2.24, 2.45) is 47.3 Å². The Bertz CT molecular complexity index is 454. The van der Waals surface area contributed by atoms with Gasteiger partial charge in [-0.3, -0.25) is 0 Å². The summed E-state index contributed by atoms with van der Waals surface area (Å²) >= 11 is 4.27. The van der Waals surface area contributed by atoms with Crippen LogP contribution in [0.1, 0.15) is 109 Å². The third-order valence-electron chi connectivity index (χ3n) is 8.69. The number of ether oxygens (including phenoxy) is 2. The van der Waals surface area contributed by atoms with Crippen LogP contribution in [0.25, 0.3) is 0 Å². The molecule has 4 unspecified atom stereocenters. The summed E-state index contributed by atoms with van der Waals surface area (Å²) in [4.78, 5) is 0. The monoisotopic (exact) mass is 544 g/mol. The Kier molecular flexibility index (Phi) is 17.4. The largest absolute Gasteiger partial charge is 0.378 e. The molecular weight excluding hydrogens is 480 g/mol. The Labute approximate surface area is 236 Å². The van der Waals surface area contributed by atoms with Gasteiger partial charge in [-0.05, 0) is 98.4 Å².